The third-order valence-corrected chi connectivity index (χ3v) is 2.20. The Bertz CT molecular complexity index is 506. The van der Waals surface area contributed by atoms with Crippen LogP contribution >= 0.6 is 0 Å². The van der Waals surface area contributed by atoms with Gasteiger partial charge in [-0.15, -0.1) is 0 Å². The standard InChI is InChI=1S/C12H14N2O4/c1-3-17-11-9(14)7(6-13)5-8(10(11)15)12(16)18-4-2/h5,15H,3-4,14H2,1-2H3. The van der Waals surface area contributed by atoms with Gasteiger partial charge in [-0.2, -0.15) is 5.26 Å². The summed E-state index contributed by atoms with van der Waals surface area (Å²) in [6.07, 6.45) is 0. The lowest BCUT2D eigenvalue weighted by molar-refractivity contribution is 0.0522. The zero-order valence-corrected chi connectivity index (χ0v) is 10.2. The van der Waals surface area contributed by atoms with Gasteiger partial charge in [-0.1, -0.05) is 0 Å². The molecule has 1 rings (SSSR count). The lowest BCUT2D eigenvalue weighted by atomic mass is 10.1. The van der Waals surface area contributed by atoms with E-state index in [2.05, 4.69) is 0 Å². The summed E-state index contributed by atoms with van der Waals surface area (Å²) in [5.74, 6) is -1.21. The van der Waals surface area contributed by atoms with Gasteiger partial charge in [0.25, 0.3) is 0 Å². The van der Waals surface area contributed by atoms with Crippen molar-refractivity contribution >= 4 is 11.7 Å². The molecule has 6 nitrogen and oxygen atoms in total. The Morgan fingerprint density at radius 1 is 1.50 bits per heavy atom. The van der Waals surface area contributed by atoms with Gasteiger partial charge in [-0.3, -0.25) is 0 Å². The number of nitriles is 1. The number of rotatable bonds is 4. The summed E-state index contributed by atoms with van der Waals surface area (Å²) >= 11 is 0. The van der Waals surface area contributed by atoms with Crippen LogP contribution in [0.3, 0.4) is 0 Å². The topological polar surface area (TPSA) is 106 Å². The largest absolute Gasteiger partial charge is 0.504 e. The van der Waals surface area contributed by atoms with E-state index in [-0.39, 0.29) is 35.8 Å². The van der Waals surface area contributed by atoms with Crippen LogP contribution < -0.4 is 10.5 Å². The van der Waals surface area contributed by atoms with Crippen LogP contribution in [0, 0.1) is 11.3 Å². The molecule has 0 heterocycles. The van der Waals surface area contributed by atoms with E-state index in [0.717, 1.165) is 0 Å². The number of hydrogen-bond donors (Lipinski definition) is 2. The Morgan fingerprint density at radius 3 is 2.67 bits per heavy atom. The Balaban J connectivity index is 3.40. The van der Waals surface area contributed by atoms with Crippen molar-refractivity contribution in [1.82, 2.24) is 0 Å². The van der Waals surface area contributed by atoms with Gasteiger partial charge in [-0.05, 0) is 19.9 Å². The second kappa shape index (κ2) is 5.77. The molecule has 18 heavy (non-hydrogen) atoms. The molecule has 3 N–H and O–H groups in total. The molecule has 0 bridgehead atoms. The van der Waals surface area contributed by atoms with Crippen molar-refractivity contribution in [1.29, 1.82) is 5.26 Å². The number of esters is 1. The highest BCUT2D eigenvalue weighted by molar-refractivity contribution is 5.95. The SMILES string of the molecule is CCOC(=O)c1cc(C#N)c(N)c(OCC)c1O. The molecule has 0 fully saturated rings. The first-order valence-electron chi connectivity index (χ1n) is 5.42. The molecule has 96 valence electrons. The molecule has 1 aromatic carbocycles. The first-order chi connectivity index (χ1) is 8.56. The lowest BCUT2D eigenvalue weighted by Gasteiger charge is -2.13. The van der Waals surface area contributed by atoms with Gasteiger partial charge in [-0.25, -0.2) is 4.79 Å². The molecular formula is C12H14N2O4. The summed E-state index contributed by atoms with van der Waals surface area (Å²) in [6.45, 7) is 3.74. The van der Waals surface area contributed by atoms with E-state index in [1.54, 1.807) is 13.8 Å². The maximum Gasteiger partial charge on any atom is 0.342 e. The molecule has 0 unspecified atom stereocenters. The maximum atomic E-state index is 11.6. The molecule has 0 aliphatic heterocycles. The van der Waals surface area contributed by atoms with Crippen molar-refractivity contribution in [2.75, 3.05) is 18.9 Å². The van der Waals surface area contributed by atoms with Crippen LogP contribution in [0.4, 0.5) is 5.69 Å². The van der Waals surface area contributed by atoms with Crippen LogP contribution in [0.2, 0.25) is 0 Å². The molecule has 0 spiro atoms. The summed E-state index contributed by atoms with van der Waals surface area (Å²) in [5, 5.41) is 18.8. The molecule has 0 amide bonds. The Labute approximate surface area is 105 Å². The summed E-state index contributed by atoms with van der Waals surface area (Å²) < 4.78 is 9.92. The van der Waals surface area contributed by atoms with Gasteiger partial charge in [0.15, 0.2) is 11.5 Å². The van der Waals surface area contributed by atoms with Crippen molar-refractivity contribution in [2.24, 2.45) is 0 Å². The van der Waals surface area contributed by atoms with E-state index in [1.165, 1.54) is 6.07 Å². The molecule has 0 aliphatic rings. The predicted octanol–water partition coefficient (Wildman–Crippen LogP) is 1.42. The van der Waals surface area contributed by atoms with Crippen LogP contribution in [0.1, 0.15) is 29.8 Å². The average Bonchev–Trinajstić information content (AvgIpc) is 2.35. The molecule has 0 saturated heterocycles. The molecule has 0 radical (unpaired) electrons. The molecule has 0 aliphatic carbocycles. The maximum absolute atomic E-state index is 11.6. The molecular weight excluding hydrogens is 236 g/mol. The number of phenols is 1. The number of carbonyl (C=O) groups excluding carboxylic acids is 1. The fourth-order valence-corrected chi connectivity index (χ4v) is 1.41. The van der Waals surface area contributed by atoms with E-state index in [0.29, 0.717) is 0 Å². The van der Waals surface area contributed by atoms with Crippen LogP contribution in [0.25, 0.3) is 0 Å². The van der Waals surface area contributed by atoms with Crippen LogP contribution in [0.5, 0.6) is 11.5 Å². The third kappa shape index (κ3) is 2.46. The zero-order chi connectivity index (χ0) is 13.7. The number of carbonyl (C=O) groups is 1. The number of nitrogens with two attached hydrogens (primary N) is 1. The van der Waals surface area contributed by atoms with Crippen LogP contribution in [-0.4, -0.2) is 24.3 Å². The molecule has 0 atom stereocenters. The van der Waals surface area contributed by atoms with Gasteiger partial charge in [0.05, 0.1) is 24.5 Å². The minimum Gasteiger partial charge on any atom is -0.504 e. The van der Waals surface area contributed by atoms with Gasteiger partial charge in [0.2, 0.25) is 0 Å². The van der Waals surface area contributed by atoms with Crippen LogP contribution in [0.15, 0.2) is 6.07 Å². The average molecular weight is 250 g/mol. The Morgan fingerprint density at radius 2 is 2.17 bits per heavy atom. The number of phenolic OH excluding ortho intramolecular Hbond substituents is 1. The number of ether oxygens (including phenoxy) is 2. The molecule has 0 saturated carbocycles. The fraction of sp³-hybridized carbons (Fsp3) is 0.333. The van der Waals surface area contributed by atoms with Crippen molar-refractivity contribution in [2.45, 2.75) is 13.8 Å². The number of anilines is 1. The first-order valence-corrected chi connectivity index (χ1v) is 5.42. The number of benzene rings is 1. The van der Waals surface area contributed by atoms with E-state index < -0.39 is 11.7 Å². The van der Waals surface area contributed by atoms with E-state index in [4.69, 9.17) is 20.5 Å². The van der Waals surface area contributed by atoms with Crippen molar-refractivity contribution < 1.29 is 19.4 Å². The van der Waals surface area contributed by atoms with Crippen molar-refractivity contribution in [3.63, 3.8) is 0 Å². The van der Waals surface area contributed by atoms with Gasteiger partial charge in [0, 0.05) is 0 Å². The second-order valence-corrected chi connectivity index (χ2v) is 3.33. The lowest BCUT2D eigenvalue weighted by Crippen LogP contribution is -2.08. The smallest absolute Gasteiger partial charge is 0.342 e. The van der Waals surface area contributed by atoms with E-state index in [1.807, 2.05) is 6.07 Å². The summed E-state index contributed by atoms with van der Waals surface area (Å²) in [6, 6.07) is 3.02. The van der Waals surface area contributed by atoms with Gasteiger partial charge >= 0.3 is 5.97 Å². The zero-order valence-electron chi connectivity index (χ0n) is 10.2. The second-order valence-electron chi connectivity index (χ2n) is 3.33. The summed E-state index contributed by atoms with van der Waals surface area (Å²) in [5.41, 5.74) is 5.59. The van der Waals surface area contributed by atoms with E-state index in [9.17, 15) is 9.90 Å². The minimum absolute atomic E-state index is 0.00454. The molecule has 0 aromatic heterocycles. The molecule has 6 heteroatoms. The van der Waals surface area contributed by atoms with Crippen LogP contribution in [-0.2, 0) is 4.74 Å². The minimum atomic E-state index is -0.729. The quantitative estimate of drug-likeness (QED) is 0.618. The van der Waals surface area contributed by atoms with Crippen molar-refractivity contribution in [3.8, 4) is 17.6 Å². The fourth-order valence-electron chi connectivity index (χ4n) is 1.41. The van der Waals surface area contributed by atoms with Gasteiger partial charge < -0.3 is 20.3 Å². The highest BCUT2D eigenvalue weighted by Gasteiger charge is 2.22. The number of hydrogen-bond acceptors (Lipinski definition) is 6. The van der Waals surface area contributed by atoms with E-state index >= 15 is 0 Å². The highest BCUT2D eigenvalue weighted by Crippen LogP contribution is 2.38. The summed E-state index contributed by atoms with van der Waals surface area (Å²) in [4.78, 5) is 11.6. The Kier molecular flexibility index (Phi) is 4.38. The monoisotopic (exact) mass is 250 g/mol. The number of nitrogen functional groups attached to an aromatic ring is 1. The number of aromatic hydroxyl groups is 1. The first kappa shape index (κ1) is 13.6. The Hall–Kier alpha value is -2.42. The predicted molar refractivity (Wildman–Crippen MR) is 64.4 cm³/mol. The third-order valence-electron chi connectivity index (χ3n) is 2.20. The highest BCUT2D eigenvalue weighted by atomic mass is 16.5. The van der Waals surface area contributed by atoms with Crippen molar-refractivity contribution in [3.05, 3.63) is 17.2 Å². The molecule has 1 aromatic rings. The normalized spacial score (nSPS) is 9.61. The van der Waals surface area contributed by atoms with Gasteiger partial charge in [0.1, 0.15) is 11.6 Å². The number of nitrogens with zero attached hydrogens (tertiary/aromatic N) is 1. The summed E-state index contributed by atoms with van der Waals surface area (Å²) in [7, 11) is 0.